The van der Waals surface area contributed by atoms with Crippen LogP contribution in [0.3, 0.4) is 0 Å². The van der Waals surface area contributed by atoms with Crippen molar-refractivity contribution in [3.05, 3.63) is 69.4 Å². The Morgan fingerprint density at radius 3 is 2.93 bits per heavy atom. The van der Waals surface area contributed by atoms with E-state index in [1.807, 2.05) is 0 Å². The predicted molar refractivity (Wildman–Crippen MR) is 97.3 cm³/mol. The molecular weight excluding hydrogens is 368 g/mol. The van der Waals surface area contributed by atoms with Gasteiger partial charge in [0.25, 0.3) is 5.91 Å². The Hall–Kier alpha value is -4.02. The van der Waals surface area contributed by atoms with Gasteiger partial charge in [0.15, 0.2) is 0 Å². The lowest BCUT2D eigenvalue weighted by atomic mass is 10.1. The van der Waals surface area contributed by atoms with Crippen LogP contribution in [-0.4, -0.2) is 38.9 Å². The number of nitro groups is 1. The van der Waals surface area contributed by atoms with Gasteiger partial charge in [0, 0.05) is 10.7 Å². The number of carbonyl (C=O) groups is 1. The summed E-state index contributed by atoms with van der Waals surface area (Å²) in [7, 11) is 1.52. The van der Waals surface area contributed by atoms with Gasteiger partial charge in [-0.3, -0.25) is 4.79 Å². The second kappa shape index (κ2) is 8.12. The number of benzene rings is 1. The summed E-state index contributed by atoms with van der Waals surface area (Å²) in [4.78, 5) is 25.7. The minimum Gasteiger partial charge on any atom is -0.496 e. The number of rotatable bonds is 7. The first-order valence-electron chi connectivity index (χ1n) is 8.06. The average molecular weight is 384 g/mol. The van der Waals surface area contributed by atoms with Gasteiger partial charge in [0.05, 0.1) is 31.7 Å². The van der Waals surface area contributed by atoms with Gasteiger partial charge >= 0.3 is 5.95 Å². The van der Waals surface area contributed by atoms with E-state index in [0.717, 1.165) is 0 Å². The molecule has 11 heteroatoms. The maximum atomic E-state index is 12.0. The molecule has 3 rings (SSSR count). The van der Waals surface area contributed by atoms with E-state index in [1.165, 1.54) is 30.6 Å². The highest BCUT2D eigenvalue weighted by Crippen LogP contribution is 2.20. The van der Waals surface area contributed by atoms with Crippen LogP contribution in [0.5, 0.6) is 5.75 Å². The molecule has 0 fully saturated rings. The minimum absolute atomic E-state index is 0.215. The van der Waals surface area contributed by atoms with Gasteiger partial charge in [0.2, 0.25) is 6.33 Å². The van der Waals surface area contributed by atoms with Crippen LogP contribution < -0.4 is 10.2 Å². The highest BCUT2D eigenvalue weighted by atomic mass is 16.6. The second-order valence-corrected chi connectivity index (χ2v) is 5.66. The highest BCUT2D eigenvalue weighted by Gasteiger charge is 2.15. The molecule has 144 valence electrons. The summed E-state index contributed by atoms with van der Waals surface area (Å²) in [5, 5.41) is 18.4. The fraction of sp³-hybridized carbons (Fsp3) is 0.176. The monoisotopic (exact) mass is 384 g/mol. The van der Waals surface area contributed by atoms with Crippen molar-refractivity contribution in [3.63, 3.8) is 0 Å². The summed E-state index contributed by atoms with van der Waals surface area (Å²) in [5.74, 6) is 0.217. The highest BCUT2D eigenvalue weighted by molar-refractivity contribution is 5.95. The molecule has 11 nitrogen and oxygen atoms in total. The van der Waals surface area contributed by atoms with Gasteiger partial charge < -0.3 is 19.3 Å². The lowest BCUT2D eigenvalue weighted by molar-refractivity contribution is -0.394. The lowest BCUT2D eigenvalue weighted by Gasteiger charge is -2.08. The van der Waals surface area contributed by atoms with E-state index in [4.69, 9.17) is 9.15 Å². The minimum atomic E-state index is -0.665. The van der Waals surface area contributed by atoms with Crippen molar-refractivity contribution >= 4 is 18.1 Å². The molecule has 0 radical (unpaired) electrons. The Morgan fingerprint density at radius 2 is 2.29 bits per heavy atom. The number of aromatic nitrogens is 3. The summed E-state index contributed by atoms with van der Waals surface area (Å²) in [6, 6.07) is 6.81. The number of methoxy groups -OCH3 is 1. The zero-order valence-corrected chi connectivity index (χ0v) is 15.0. The van der Waals surface area contributed by atoms with Gasteiger partial charge in [-0.2, -0.15) is 9.78 Å². The van der Waals surface area contributed by atoms with Crippen molar-refractivity contribution in [1.29, 1.82) is 0 Å². The van der Waals surface area contributed by atoms with Crippen molar-refractivity contribution in [1.82, 2.24) is 20.2 Å². The summed E-state index contributed by atoms with van der Waals surface area (Å²) in [6.07, 6.45) is 4.17. The molecule has 0 saturated carbocycles. The molecule has 0 spiro atoms. The van der Waals surface area contributed by atoms with Crippen molar-refractivity contribution in [3.8, 4) is 5.75 Å². The van der Waals surface area contributed by atoms with E-state index >= 15 is 0 Å². The van der Waals surface area contributed by atoms with Crippen LogP contribution in [0.1, 0.15) is 27.2 Å². The normalized spacial score (nSPS) is 10.9. The van der Waals surface area contributed by atoms with Gasteiger partial charge in [-0.1, -0.05) is 4.98 Å². The molecule has 3 aromatic rings. The third kappa shape index (κ3) is 4.20. The number of amides is 1. The molecule has 0 unspecified atom stereocenters. The van der Waals surface area contributed by atoms with Crippen molar-refractivity contribution in [2.75, 3.05) is 7.11 Å². The molecule has 0 saturated heterocycles. The zero-order chi connectivity index (χ0) is 20.1. The largest absolute Gasteiger partial charge is 0.496 e. The summed E-state index contributed by atoms with van der Waals surface area (Å²) in [5.41, 5.74) is 4.23. The molecular formula is C17H16N6O5. The molecule has 1 amide bonds. The first kappa shape index (κ1) is 18.8. The molecule has 0 bridgehead atoms. The molecule has 0 aliphatic heterocycles. The maximum Gasteiger partial charge on any atom is 0.490 e. The molecule has 0 aliphatic rings. The summed E-state index contributed by atoms with van der Waals surface area (Å²) >= 11 is 0. The van der Waals surface area contributed by atoms with Crippen LogP contribution in [0.4, 0.5) is 5.95 Å². The number of hydrogen-bond acceptors (Lipinski definition) is 8. The zero-order valence-electron chi connectivity index (χ0n) is 15.0. The Morgan fingerprint density at radius 1 is 1.46 bits per heavy atom. The molecule has 1 N–H and O–H groups in total. The van der Waals surface area contributed by atoms with E-state index < -0.39 is 10.9 Å². The first-order chi connectivity index (χ1) is 13.5. The number of furan rings is 1. The maximum absolute atomic E-state index is 12.0. The van der Waals surface area contributed by atoms with E-state index in [2.05, 4.69) is 20.6 Å². The van der Waals surface area contributed by atoms with Crippen LogP contribution in [0, 0.1) is 17.0 Å². The number of ether oxygens (including phenoxy) is 1. The van der Waals surface area contributed by atoms with Gasteiger partial charge in [-0.15, -0.1) is 0 Å². The van der Waals surface area contributed by atoms with E-state index in [1.54, 1.807) is 31.2 Å². The SMILES string of the molecule is COc1ccc(/C=N\NC(=O)c2ccoc2C)cc1Cn1cnc([N+](=O)[O-])n1. The smallest absolute Gasteiger partial charge is 0.490 e. The van der Waals surface area contributed by atoms with Crippen LogP contribution >= 0.6 is 0 Å². The predicted octanol–water partition coefficient (Wildman–Crippen LogP) is 1.91. The second-order valence-electron chi connectivity index (χ2n) is 5.66. The van der Waals surface area contributed by atoms with Crippen molar-refractivity contribution in [2.24, 2.45) is 5.10 Å². The van der Waals surface area contributed by atoms with Crippen LogP contribution in [0.2, 0.25) is 0 Å². The van der Waals surface area contributed by atoms with E-state index in [-0.39, 0.29) is 12.5 Å². The Labute approximate surface area is 158 Å². The fourth-order valence-corrected chi connectivity index (χ4v) is 2.47. The number of aryl methyl sites for hydroxylation is 1. The number of nitrogens with one attached hydrogen (secondary N) is 1. The van der Waals surface area contributed by atoms with E-state index in [0.29, 0.717) is 28.2 Å². The molecule has 2 aromatic heterocycles. The Balaban J connectivity index is 1.73. The van der Waals surface area contributed by atoms with Gasteiger partial charge in [0.1, 0.15) is 11.5 Å². The quantitative estimate of drug-likeness (QED) is 0.373. The third-order valence-corrected chi connectivity index (χ3v) is 3.81. The molecule has 1 aromatic carbocycles. The molecule has 2 heterocycles. The summed E-state index contributed by atoms with van der Waals surface area (Å²) in [6.45, 7) is 1.90. The standard InChI is InChI=1S/C17H16N6O5/c1-11-14(5-6-28-11)16(24)20-19-8-12-3-4-15(27-2)13(7-12)9-22-10-18-17(21-22)23(25)26/h3-8,10H,9H2,1-2H3,(H,20,24)/b19-8-. The number of nitrogens with zero attached hydrogens (tertiary/aromatic N) is 5. The number of carbonyl (C=O) groups excluding carboxylic acids is 1. The first-order valence-corrected chi connectivity index (χ1v) is 8.06. The lowest BCUT2D eigenvalue weighted by Crippen LogP contribution is -2.17. The van der Waals surface area contributed by atoms with E-state index in [9.17, 15) is 14.9 Å². The number of hydrogen-bond donors (Lipinski definition) is 1. The van der Waals surface area contributed by atoms with Crippen LogP contribution in [-0.2, 0) is 6.54 Å². The third-order valence-electron chi connectivity index (χ3n) is 3.81. The van der Waals surface area contributed by atoms with Crippen LogP contribution in [0.15, 0.2) is 46.4 Å². The van der Waals surface area contributed by atoms with Crippen molar-refractivity contribution < 1.29 is 18.9 Å². The Bertz CT molecular complexity index is 1040. The van der Waals surface area contributed by atoms with Gasteiger partial charge in [-0.25, -0.2) is 5.43 Å². The molecule has 28 heavy (non-hydrogen) atoms. The summed E-state index contributed by atoms with van der Waals surface area (Å²) < 4.78 is 11.7. The molecule has 0 atom stereocenters. The Kier molecular flexibility index (Phi) is 5.44. The topological polar surface area (TPSA) is 138 Å². The fourth-order valence-electron chi connectivity index (χ4n) is 2.47. The van der Waals surface area contributed by atoms with Crippen LogP contribution in [0.25, 0.3) is 0 Å². The average Bonchev–Trinajstić information content (AvgIpc) is 3.31. The molecule has 0 aliphatic carbocycles. The number of hydrazone groups is 1. The van der Waals surface area contributed by atoms with Gasteiger partial charge in [-0.05, 0) is 41.7 Å². The van der Waals surface area contributed by atoms with Crippen molar-refractivity contribution in [2.45, 2.75) is 13.5 Å².